The van der Waals surface area contributed by atoms with Crippen molar-refractivity contribution in [3.05, 3.63) is 23.8 Å². The van der Waals surface area contributed by atoms with Gasteiger partial charge in [-0.3, -0.25) is 11.3 Å². The van der Waals surface area contributed by atoms with Gasteiger partial charge in [-0.15, -0.1) is 12.3 Å². The van der Waals surface area contributed by atoms with Gasteiger partial charge in [0.05, 0.1) is 0 Å². The van der Waals surface area contributed by atoms with Crippen molar-refractivity contribution in [1.29, 1.82) is 0 Å². The number of hydrogen-bond donors (Lipinski definition) is 2. The van der Waals surface area contributed by atoms with Crippen LogP contribution in [0.25, 0.3) is 0 Å². The molecule has 0 aromatic heterocycles. The smallest absolute Gasteiger partial charge is 0.161 e. The lowest BCUT2D eigenvalue weighted by molar-refractivity contribution is 0.171. The van der Waals surface area contributed by atoms with E-state index in [0.29, 0.717) is 19.6 Å². The molecule has 17 heavy (non-hydrogen) atoms. The molecule has 2 rings (SSSR count). The number of ether oxygens (including phenoxy) is 2. The zero-order chi connectivity index (χ0) is 12.1. The first kappa shape index (κ1) is 11.8. The number of benzene rings is 1. The molecule has 0 radical (unpaired) electrons. The third kappa shape index (κ3) is 2.70. The highest BCUT2D eigenvalue weighted by Gasteiger charge is 2.15. The molecule has 1 atom stereocenters. The Labute approximate surface area is 101 Å². The van der Waals surface area contributed by atoms with E-state index in [1.807, 2.05) is 18.2 Å². The van der Waals surface area contributed by atoms with Crippen LogP contribution in [0.2, 0.25) is 0 Å². The monoisotopic (exact) mass is 232 g/mol. The van der Waals surface area contributed by atoms with Crippen LogP contribution in [0.3, 0.4) is 0 Å². The SMILES string of the molecule is C#CCCC(NN)c1ccc2c(c1)OCCO2. The summed E-state index contributed by atoms with van der Waals surface area (Å²) in [5.74, 6) is 9.70. The molecule has 4 nitrogen and oxygen atoms in total. The predicted octanol–water partition coefficient (Wildman–Crippen LogP) is 1.38. The highest BCUT2D eigenvalue weighted by atomic mass is 16.6. The third-order valence-corrected chi connectivity index (χ3v) is 2.75. The van der Waals surface area contributed by atoms with Crippen LogP contribution < -0.4 is 20.7 Å². The molecule has 0 spiro atoms. The summed E-state index contributed by atoms with van der Waals surface area (Å²) in [6, 6.07) is 5.88. The molecular weight excluding hydrogens is 216 g/mol. The summed E-state index contributed by atoms with van der Waals surface area (Å²) in [6.07, 6.45) is 6.74. The molecule has 4 heteroatoms. The zero-order valence-corrected chi connectivity index (χ0v) is 9.61. The fourth-order valence-corrected chi connectivity index (χ4v) is 1.85. The maximum absolute atomic E-state index is 5.53. The number of hydrogen-bond acceptors (Lipinski definition) is 4. The molecule has 0 saturated heterocycles. The topological polar surface area (TPSA) is 56.5 Å². The fraction of sp³-hybridized carbons (Fsp3) is 0.385. The van der Waals surface area contributed by atoms with Crippen molar-refractivity contribution in [2.24, 2.45) is 5.84 Å². The molecule has 1 heterocycles. The Balaban J connectivity index is 2.17. The van der Waals surface area contributed by atoms with Gasteiger partial charge in [0.15, 0.2) is 11.5 Å². The van der Waals surface area contributed by atoms with Gasteiger partial charge in [-0.25, -0.2) is 0 Å². The minimum absolute atomic E-state index is 0.0434. The van der Waals surface area contributed by atoms with E-state index in [1.54, 1.807) is 0 Å². The minimum Gasteiger partial charge on any atom is -0.486 e. The quantitative estimate of drug-likeness (QED) is 0.468. The minimum atomic E-state index is 0.0434. The number of hydrazine groups is 1. The highest BCUT2D eigenvalue weighted by molar-refractivity contribution is 5.44. The average Bonchev–Trinajstić information content (AvgIpc) is 2.39. The van der Waals surface area contributed by atoms with Crippen molar-refractivity contribution >= 4 is 0 Å². The molecule has 90 valence electrons. The summed E-state index contributed by atoms with van der Waals surface area (Å²) < 4.78 is 11.0. The molecule has 0 bridgehead atoms. The third-order valence-electron chi connectivity index (χ3n) is 2.75. The van der Waals surface area contributed by atoms with Crippen LogP contribution in [-0.2, 0) is 0 Å². The predicted molar refractivity (Wildman–Crippen MR) is 65.6 cm³/mol. The van der Waals surface area contributed by atoms with Gasteiger partial charge in [-0.05, 0) is 24.1 Å². The number of fused-ring (bicyclic) bond motifs is 1. The first-order valence-electron chi connectivity index (χ1n) is 5.64. The van der Waals surface area contributed by atoms with E-state index >= 15 is 0 Å². The van der Waals surface area contributed by atoms with Crippen LogP contribution in [0.15, 0.2) is 18.2 Å². The Morgan fingerprint density at radius 1 is 1.35 bits per heavy atom. The van der Waals surface area contributed by atoms with Gasteiger partial charge in [0, 0.05) is 12.5 Å². The molecule has 0 aliphatic carbocycles. The van der Waals surface area contributed by atoms with Crippen LogP contribution >= 0.6 is 0 Å². The number of rotatable bonds is 4. The van der Waals surface area contributed by atoms with Gasteiger partial charge in [-0.1, -0.05) is 6.07 Å². The summed E-state index contributed by atoms with van der Waals surface area (Å²) in [4.78, 5) is 0. The van der Waals surface area contributed by atoms with Crippen LogP contribution in [0.5, 0.6) is 11.5 Å². The van der Waals surface area contributed by atoms with E-state index in [9.17, 15) is 0 Å². The lowest BCUT2D eigenvalue weighted by atomic mass is 10.0. The molecular formula is C13H16N2O2. The normalized spacial score (nSPS) is 15.1. The van der Waals surface area contributed by atoms with Gasteiger partial charge in [0.2, 0.25) is 0 Å². The second kappa shape index (κ2) is 5.58. The van der Waals surface area contributed by atoms with Gasteiger partial charge >= 0.3 is 0 Å². The first-order chi connectivity index (χ1) is 8.35. The molecule has 0 fully saturated rings. The molecule has 1 aliphatic rings. The molecule has 1 aromatic carbocycles. The number of terminal acetylenes is 1. The Bertz CT molecular complexity index is 426. The second-order valence-electron chi connectivity index (χ2n) is 3.87. The van der Waals surface area contributed by atoms with E-state index < -0.39 is 0 Å². The molecule has 1 aromatic rings. The summed E-state index contributed by atoms with van der Waals surface area (Å²) >= 11 is 0. The van der Waals surface area contributed by atoms with Crippen molar-refractivity contribution in [2.45, 2.75) is 18.9 Å². The van der Waals surface area contributed by atoms with Crippen molar-refractivity contribution in [3.8, 4) is 23.8 Å². The van der Waals surface area contributed by atoms with Crippen molar-refractivity contribution in [3.63, 3.8) is 0 Å². The Kier molecular flexibility index (Phi) is 3.86. The number of nitrogens with one attached hydrogen (secondary N) is 1. The fourth-order valence-electron chi connectivity index (χ4n) is 1.85. The van der Waals surface area contributed by atoms with Crippen LogP contribution in [0, 0.1) is 12.3 Å². The Morgan fingerprint density at radius 3 is 2.82 bits per heavy atom. The largest absolute Gasteiger partial charge is 0.486 e. The van der Waals surface area contributed by atoms with Crippen LogP contribution in [-0.4, -0.2) is 13.2 Å². The standard InChI is InChI=1S/C13H16N2O2/c1-2-3-4-11(15-14)10-5-6-12-13(9-10)17-8-7-16-12/h1,5-6,9,11,15H,3-4,7-8,14H2. The molecule has 0 amide bonds. The van der Waals surface area contributed by atoms with Crippen LogP contribution in [0.4, 0.5) is 0 Å². The second-order valence-corrected chi connectivity index (χ2v) is 3.87. The van der Waals surface area contributed by atoms with Gasteiger partial charge < -0.3 is 9.47 Å². The summed E-state index contributed by atoms with van der Waals surface area (Å²) in [5, 5.41) is 0. The van der Waals surface area contributed by atoms with E-state index in [1.165, 1.54) is 0 Å². The van der Waals surface area contributed by atoms with E-state index in [0.717, 1.165) is 23.5 Å². The molecule has 1 unspecified atom stereocenters. The van der Waals surface area contributed by atoms with Gasteiger partial charge in [-0.2, -0.15) is 0 Å². The summed E-state index contributed by atoms with van der Waals surface area (Å²) in [6.45, 7) is 1.18. The lowest BCUT2D eigenvalue weighted by Gasteiger charge is -2.21. The lowest BCUT2D eigenvalue weighted by Crippen LogP contribution is -2.28. The Morgan fingerprint density at radius 2 is 2.12 bits per heavy atom. The summed E-state index contributed by atoms with van der Waals surface area (Å²) in [7, 11) is 0. The molecule has 1 aliphatic heterocycles. The Hall–Kier alpha value is -1.70. The van der Waals surface area contributed by atoms with Gasteiger partial charge in [0.25, 0.3) is 0 Å². The molecule has 0 saturated carbocycles. The van der Waals surface area contributed by atoms with Crippen molar-refractivity contribution < 1.29 is 9.47 Å². The van der Waals surface area contributed by atoms with E-state index in [4.69, 9.17) is 21.7 Å². The maximum Gasteiger partial charge on any atom is 0.161 e. The number of nitrogens with two attached hydrogens (primary N) is 1. The van der Waals surface area contributed by atoms with Crippen molar-refractivity contribution in [2.75, 3.05) is 13.2 Å². The van der Waals surface area contributed by atoms with E-state index in [2.05, 4.69) is 11.3 Å². The first-order valence-corrected chi connectivity index (χ1v) is 5.64. The molecule has 3 N–H and O–H groups in total. The average molecular weight is 232 g/mol. The van der Waals surface area contributed by atoms with Crippen LogP contribution in [0.1, 0.15) is 24.4 Å². The van der Waals surface area contributed by atoms with Gasteiger partial charge in [0.1, 0.15) is 13.2 Å². The maximum atomic E-state index is 5.53. The summed E-state index contributed by atoms with van der Waals surface area (Å²) in [5.41, 5.74) is 3.83. The van der Waals surface area contributed by atoms with Crippen molar-refractivity contribution in [1.82, 2.24) is 5.43 Å². The zero-order valence-electron chi connectivity index (χ0n) is 9.61. The highest BCUT2D eigenvalue weighted by Crippen LogP contribution is 2.33. The van der Waals surface area contributed by atoms with E-state index in [-0.39, 0.29) is 6.04 Å².